The molecule has 1 aromatic rings. The van der Waals surface area contributed by atoms with Crippen molar-refractivity contribution in [2.24, 2.45) is 5.92 Å². The van der Waals surface area contributed by atoms with Crippen molar-refractivity contribution in [1.29, 1.82) is 0 Å². The molecule has 1 saturated carbocycles. The van der Waals surface area contributed by atoms with Crippen molar-refractivity contribution in [3.05, 3.63) is 35.9 Å². The van der Waals surface area contributed by atoms with E-state index in [-0.39, 0.29) is 5.91 Å². The Labute approximate surface area is 127 Å². The van der Waals surface area contributed by atoms with Gasteiger partial charge in [0.05, 0.1) is 0 Å². The maximum atomic E-state index is 12.2. The van der Waals surface area contributed by atoms with E-state index in [9.17, 15) is 4.79 Å². The summed E-state index contributed by atoms with van der Waals surface area (Å²) in [6.07, 6.45) is 9.56. The molecular weight excluding hydrogens is 260 g/mol. The number of nitrogen functional groups attached to an aromatic ring is 1. The van der Waals surface area contributed by atoms with Crippen molar-refractivity contribution < 1.29 is 4.79 Å². The molecule has 1 aliphatic carbocycles. The third-order valence-corrected chi connectivity index (χ3v) is 4.64. The first-order valence-electron chi connectivity index (χ1n) is 7.90. The molecule has 3 nitrogen and oxygen atoms in total. The van der Waals surface area contributed by atoms with Gasteiger partial charge in [-0.15, -0.1) is 0 Å². The Morgan fingerprint density at radius 2 is 1.86 bits per heavy atom. The standard InChI is InChI=1S/C18H26N2O/c1-3-14-6-11-17(12-7-14)20(2)18(21)13-8-15-4-9-16(19)10-5-15/h4-5,8-10,13-14,17H,3,6-7,11-12,19H2,1-2H3/b13-8+. The number of anilines is 1. The quantitative estimate of drug-likeness (QED) is 0.677. The van der Waals surface area contributed by atoms with Crippen molar-refractivity contribution in [2.75, 3.05) is 12.8 Å². The maximum absolute atomic E-state index is 12.2. The lowest BCUT2D eigenvalue weighted by Crippen LogP contribution is -2.38. The van der Waals surface area contributed by atoms with Crippen molar-refractivity contribution in [3.63, 3.8) is 0 Å². The Hall–Kier alpha value is -1.77. The minimum Gasteiger partial charge on any atom is -0.399 e. The first-order valence-corrected chi connectivity index (χ1v) is 7.90. The zero-order valence-corrected chi connectivity index (χ0v) is 13.1. The summed E-state index contributed by atoms with van der Waals surface area (Å²) in [6.45, 7) is 2.26. The highest BCUT2D eigenvalue weighted by Gasteiger charge is 2.24. The number of nitrogens with two attached hydrogens (primary N) is 1. The van der Waals surface area contributed by atoms with E-state index in [0.29, 0.717) is 6.04 Å². The zero-order chi connectivity index (χ0) is 15.2. The normalized spacial score (nSPS) is 22.4. The Morgan fingerprint density at radius 3 is 2.43 bits per heavy atom. The molecule has 2 rings (SSSR count). The van der Waals surface area contributed by atoms with Crippen LogP contribution in [-0.4, -0.2) is 23.9 Å². The highest BCUT2D eigenvalue weighted by molar-refractivity contribution is 5.91. The lowest BCUT2D eigenvalue weighted by Gasteiger charge is -2.33. The monoisotopic (exact) mass is 286 g/mol. The van der Waals surface area contributed by atoms with Crippen LogP contribution in [0.2, 0.25) is 0 Å². The van der Waals surface area contributed by atoms with Gasteiger partial charge in [0.25, 0.3) is 0 Å². The number of benzene rings is 1. The second-order valence-electron chi connectivity index (χ2n) is 6.03. The van der Waals surface area contributed by atoms with Gasteiger partial charge in [-0.3, -0.25) is 4.79 Å². The van der Waals surface area contributed by atoms with Gasteiger partial charge in [-0.2, -0.15) is 0 Å². The van der Waals surface area contributed by atoms with E-state index < -0.39 is 0 Å². The molecule has 3 heteroatoms. The molecule has 0 heterocycles. The molecule has 0 bridgehead atoms. The molecule has 1 aliphatic rings. The van der Waals surface area contributed by atoms with Crippen molar-refractivity contribution in [3.8, 4) is 0 Å². The fraction of sp³-hybridized carbons (Fsp3) is 0.500. The molecular formula is C18H26N2O. The van der Waals surface area contributed by atoms with Crippen molar-refractivity contribution in [1.82, 2.24) is 4.90 Å². The van der Waals surface area contributed by atoms with Crippen LogP contribution >= 0.6 is 0 Å². The van der Waals surface area contributed by atoms with Gasteiger partial charge in [0.2, 0.25) is 5.91 Å². The highest BCUT2D eigenvalue weighted by Crippen LogP contribution is 2.29. The third kappa shape index (κ3) is 4.35. The number of rotatable bonds is 4. The van der Waals surface area contributed by atoms with Crippen LogP contribution in [0.25, 0.3) is 6.08 Å². The fourth-order valence-corrected chi connectivity index (χ4v) is 3.01. The van der Waals surface area contributed by atoms with Gasteiger partial charge in [-0.05, 0) is 55.4 Å². The average Bonchev–Trinajstić information content (AvgIpc) is 2.53. The van der Waals surface area contributed by atoms with Crippen LogP contribution in [0.5, 0.6) is 0 Å². The topological polar surface area (TPSA) is 46.3 Å². The molecule has 1 amide bonds. The third-order valence-electron chi connectivity index (χ3n) is 4.64. The van der Waals surface area contributed by atoms with Crippen molar-refractivity contribution >= 4 is 17.7 Å². The van der Waals surface area contributed by atoms with Crippen LogP contribution in [0.15, 0.2) is 30.3 Å². The molecule has 0 atom stereocenters. The van der Waals surface area contributed by atoms with Crippen LogP contribution in [-0.2, 0) is 4.79 Å². The number of nitrogens with zero attached hydrogens (tertiary/aromatic N) is 1. The Bertz CT molecular complexity index is 484. The van der Waals surface area contributed by atoms with Gasteiger partial charge >= 0.3 is 0 Å². The van der Waals surface area contributed by atoms with Gasteiger partial charge in [0.1, 0.15) is 0 Å². The van der Waals surface area contributed by atoms with E-state index in [1.807, 2.05) is 42.3 Å². The Morgan fingerprint density at radius 1 is 1.24 bits per heavy atom. The fourth-order valence-electron chi connectivity index (χ4n) is 3.01. The summed E-state index contributed by atoms with van der Waals surface area (Å²) in [5, 5.41) is 0. The Balaban J connectivity index is 1.89. The van der Waals surface area contributed by atoms with E-state index in [0.717, 1.165) is 30.0 Å². The summed E-state index contributed by atoms with van der Waals surface area (Å²) in [7, 11) is 1.92. The van der Waals surface area contributed by atoms with E-state index in [1.165, 1.54) is 19.3 Å². The second kappa shape index (κ2) is 7.30. The maximum Gasteiger partial charge on any atom is 0.246 e. The van der Waals surface area contributed by atoms with Crippen molar-refractivity contribution in [2.45, 2.75) is 45.1 Å². The van der Waals surface area contributed by atoms with E-state index in [4.69, 9.17) is 5.73 Å². The van der Waals surface area contributed by atoms with E-state index in [2.05, 4.69) is 6.92 Å². The summed E-state index contributed by atoms with van der Waals surface area (Å²) < 4.78 is 0. The van der Waals surface area contributed by atoms with Gasteiger partial charge in [-0.25, -0.2) is 0 Å². The van der Waals surface area contributed by atoms with E-state index >= 15 is 0 Å². The van der Waals surface area contributed by atoms with Gasteiger partial charge in [0.15, 0.2) is 0 Å². The molecule has 114 valence electrons. The molecule has 0 aromatic heterocycles. The van der Waals surface area contributed by atoms with Gasteiger partial charge < -0.3 is 10.6 Å². The first kappa shape index (κ1) is 15.6. The molecule has 2 N–H and O–H groups in total. The smallest absolute Gasteiger partial charge is 0.246 e. The SMILES string of the molecule is CCC1CCC(N(C)C(=O)/C=C/c2ccc(N)cc2)CC1. The van der Waals surface area contributed by atoms with Gasteiger partial charge in [-0.1, -0.05) is 25.5 Å². The molecule has 0 aliphatic heterocycles. The van der Waals surface area contributed by atoms with Crippen LogP contribution in [0.4, 0.5) is 5.69 Å². The lowest BCUT2D eigenvalue weighted by molar-refractivity contribution is -0.127. The minimum atomic E-state index is 0.0896. The molecule has 1 fully saturated rings. The second-order valence-corrected chi connectivity index (χ2v) is 6.03. The van der Waals surface area contributed by atoms with Crippen LogP contribution in [0.3, 0.4) is 0 Å². The summed E-state index contributed by atoms with van der Waals surface area (Å²) in [6, 6.07) is 7.94. The number of likely N-dealkylation sites (N-methyl/N-ethyl adjacent to an activating group) is 1. The van der Waals surface area contributed by atoms with Crippen LogP contribution < -0.4 is 5.73 Å². The van der Waals surface area contributed by atoms with Crippen LogP contribution in [0, 0.1) is 5.92 Å². The summed E-state index contributed by atoms with van der Waals surface area (Å²) in [4.78, 5) is 14.2. The summed E-state index contributed by atoms with van der Waals surface area (Å²) in [5.74, 6) is 0.946. The summed E-state index contributed by atoms with van der Waals surface area (Å²) in [5.41, 5.74) is 7.39. The first-order chi connectivity index (χ1) is 10.1. The number of carbonyl (C=O) groups is 1. The Kier molecular flexibility index (Phi) is 5.43. The molecule has 1 aromatic carbocycles. The average molecular weight is 286 g/mol. The molecule has 0 radical (unpaired) electrons. The number of hydrogen-bond donors (Lipinski definition) is 1. The number of amides is 1. The number of hydrogen-bond acceptors (Lipinski definition) is 2. The minimum absolute atomic E-state index is 0.0896. The lowest BCUT2D eigenvalue weighted by atomic mass is 9.84. The van der Waals surface area contributed by atoms with Crippen LogP contribution in [0.1, 0.15) is 44.6 Å². The molecule has 0 spiro atoms. The molecule has 0 saturated heterocycles. The highest BCUT2D eigenvalue weighted by atomic mass is 16.2. The van der Waals surface area contributed by atoms with Gasteiger partial charge in [0, 0.05) is 24.9 Å². The summed E-state index contributed by atoms with van der Waals surface area (Å²) >= 11 is 0. The predicted octanol–water partition coefficient (Wildman–Crippen LogP) is 3.71. The zero-order valence-electron chi connectivity index (χ0n) is 13.1. The van der Waals surface area contributed by atoms with E-state index in [1.54, 1.807) is 6.08 Å². The number of carbonyl (C=O) groups excluding carboxylic acids is 1. The molecule has 0 unspecified atom stereocenters. The predicted molar refractivity (Wildman–Crippen MR) is 88.7 cm³/mol. The molecule has 21 heavy (non-hydrogen) atoms. The largest absolute Gasteiger partial charge is 0.399 e.